The van der Waals surface area contributed by atoms with E-state index in [9.17, 15) is 9.18 Å². The van der Waals surface area contributed by atoms with Crippen LogP contribution in [0.4, 0.5) is 10.1 Å². The Bertz CT molecular complexity index is 1300. The number of aromatic nitrogens is 2. The average molecular weight is 464 g/mol. The van der Waals surface area contributed by atoms with Crippen molar-refractivity contribution in [3.8, 4) is 23.0 Å². The molecule has 5 rings (SSSR count). The number of carbonyl (C=O) groups is 1. The summed E-state index contributed by atoms with van der Waals surface area (Å²) in [6.07, 6.45) is 4.26. The van der Waals surface area contributed by atoms with Crippen LogP contribution in [0.15, 0.2) is 48.5 Å². The number of aryl methyl sites for hydroxylation is 2. The first kappa shape index (κ1) is 21.3. The second-order valence-electron chi connectivity index (χ2n) is 7.82. The molecule has 0 bridgehead atoms. The number of nitrogens with zero attached hydrogens (tertiary/aromatic N) is 2. The maximum Gasteiger partial charge on any atom is 0.262 e. The van der Waals surface area contributed by atoms with Gasteiger partial charge in [-0.1, -0.05) is 0 Å². The molecule has 6 nitrogen and oxygen atoms in total. The van der Waals surface area contributed by atoms with E-state index in [1.165, 1.54) is 34.7 Å². The van der Waals surface area contributed by atoms with Crippen molar-refractivity contribution in [2.24, 2.45) is 0 Å². The van der Waals surface area contributed by atoms with E-state index in [0.29, 0.717) is 17.4 Å². The molecule has 33 heavy (non-hydrogen) atoms. The van der Waals surface area contributed by atoms with Crippen LogP contribution in [0.2, 0.25) is 0 Å². The summed E-state index contributed by atoms with van der Waals surface area (Å²) in [6, 6.07) is 13.1. The molecule has 0 radical (unpaired) electrons. The van der Waals surface area contributed by atoms with Gasteiger partial charge in [-0.05, 0) is 79.8 Å². The molecule has 0 atom stereocenters. The minimum atomic E-state index is -0.360. The Labute approximate surface area is 194 Å². The molecule has 0 fully saturated rings. The molecule has 8 heteroatoms. The number of anilines is 1. The average Bonchev–Trinajstić information content (AvgIpc) is 3.23. The number of hydrogen-bond acceptors (Lipinski definition) is 6. The topological polar surface area (TPSA) is 73.3 Å². The first-order valence-corrected chi connectivity index (χ1v) is 11.6. The molecule has 1 aliphatic carbocycles. The Balaban J connectivity index is 1.46. The SMILES string of the molecule is COc1ccc(-c2nc(OCC(=O)Nc3ccc(F)cc3)c3c4c(sc3n2)CCCC4)cc1. The van der Waals surface area contributed by atoms with E-state index in [0.717, 1.165) is 47.2 Å². The minimum Gasteiger partial charge on any atom is -0.497 e. The number of halogens is 1. The van der Waals surface area contributed by atoms with Gasteiger partial charge in [-0.3, -0.25) is 4.79 Å². The number of carbonyl (C=O) groups excluding carboxylic acids is 1. The standard InChI is InChI=1S/C25H22FN3O3S/c1-31-18-12-6-15(7-13-18)23-28-24(22-19-4-2-3-5-20(19)33-25(22)29-23)32-14-21(30)27-17-10-8-16(26)9-11-17/h6-13H,2-5,14H2,1H3,(H,27,30). The van der Waals surface area contributed by atoms with Gasteiger partial charge in [0.1, 0.15) is 16.4 Å². The van der Waals surface area contributed by atoms with Crippen molar-refractivity contribution in [3.63, 3.8) is 0 Å². The summed E-state index contributed by atoms with van der Waals surface area (Å²) in [5.74, 6) is 1.00. The molecule has 2 heterocycles. The van der Waals surface area contributed by atoms with E-state index in [-0.39, 0.29) is 18.3 Å². The predicted molar refractivity (Wildman–Crippen MR) is 127 cm³/mol. The summed E-state index contributed by atoms with van der Waals surface area (Å²) in [7, 11) is 1.62. The van der Waals surface area contributed by atoms with Gasteiger partial charge in [-0.25, -0.2) is 9.37 Å². The number of amides is 1. The Hall–Kier alpha value is -3.52. The lowest BCUT2D eigenvalue weighted by atomic mass is 9.97. The van der Waals surface area contributed by atoms with Crippen molar-refractivity contribution >= 4 is 33.1 Å². The molecule has 2 aromatic carbocycles. The highest BCUT2D eigenvalue weighted by Crippen LogP contribution is 2.40. The molecule has 1 N–H and O–H groups in total. The molecule has 1 amide bonds. The first-order chi connectivity index (χ1) is 16.1. The van der Waals surface area contributed by atoms with Gasteiger partial charge in [0.25, 0.3) is 5.91 Å². The largest absolute Gasteiger partial charge is 0.497 e. The smallest absolute Gasteiger partial charge is 0.262 e. The van der Waals surface area contributed by atoms with E-state index < -0.39 is 0 Å². The van der Waals surface area contributed by atoms with Crippen molar-refractivity contribution in [3.05, 3.63) is 64.8 Å². The molecule has 0 saturated carbocycles. The molecular formula is C25H22FN3O3S. The number of hydrogen-bond donors (Lipinski definition) is 1. The fourth-order valence-corrected chi connectivity index (χ4v) is 5.21. The maximum atomic E-state index is 13.1. The van der Waals surface area contributed by atoms with Gasteiger partial charge in [0, 0.05) is 16.1 Å². The highest BCUT2D eigenvalue weighted by atomic mass is 32.1. The second kappa shape index (κ2) is 9.15. The Morgan fingerprint density at radius 2 is 1.82 bits per heavy atom. The lowest BCUT2D eigenvalue weighted by molar-refractivity contribution is -0.118. The van der Waals surface area contributed by atoms with Crippen LogP contribution < -0.4 is 14.8 Å². The molecule has 0 aliphatic heterocycles. The van der Waals surface area contributed by atoms with Gasteiger partial charge in [0.15, 0.2) is 12.4 Å². The number of rotatable bonds is 6. The highest BCUT2D eigenvalue weighted by Gasteiger charge is 2.23. The fourth-order valence-electron chi connectivity index (χ4n) is 3.96. The normalized spacial score (nSPS) is 12.9. The summed E-state index contributed by atoms with van der Waals surface area (Å²) in [4.78, 5) is 24.2. The summed E-state index contributed by atoms with van der Waals surface area (Å²) in [6.45, 7) is -0.212. The zero-order valence-corrected chi connectivity index (χ0v) is 18.9. The van der Waals surface area contributed by atoms with E-state index in [4.69, 9.17) is 19.4 Å². The zero-order valence-electron chi connectivity index (χ0n) is 18.1. The van der Waals surface area contributed by atoms with Crippen molar-refractivity contribution in [2.75, 3.05) is 19.0 Å². The molecular weight excluding hydrogens is 441 g/mol. The minimum absolute atomic E-state index is 0.212. The van der Waals surface area contributed by atoms with Crippen LogP contribution in [0.25, 0.3) is 21.6 Å². The number of benzene rings is 2. The molecule has 0 spiro atoms. The third kappa shape index (κ3) is 4.52. The molecule has 0 saturated heterocycles. The maximum absolute atomic E-state index is 13.1. The predicted octanol–water partition coefficient (Wildman–Crippen LogP) is 5.40. The van der Waals surface area contributed by atoms with Gasteiger partial charge < -0.3 is 14.8 Å². The van der Waals surface area contributed by atoms with Crippen molar-refractivity contribution in [1.82, 2.24) is 9.97 Å². The van der Waals surface area contributed by atoms with Gasteiger partial charge >= 0.3 is 0 Å². The number of methoxy groups -OCH3 is 1. The zero-order chi connectivity index (χ0) is 22.8. The molecule has 4 aromatic rings. The molecule has 1 aliphatic rings. The van der Waals surface area contributed by atoms with Gasteiger partial charge in [0.05, 0.1) is 12.5 Å². The first-order valence-electron chi connectivity index (χ1n) is 10.8. The number of ether oxygens (including phenoxy) is 2. The van der Waals surface area contributed by atoms with Crippen LogP contribution in [0.5, 0.6) is 11.6 Å². The summed E-state index contributed by atoms with van der Waals surface area (Å²) >= 11 is 1.68. The van der Waals surface area contributed by atoms with Crippen LogP contribution in [0.3, 0.4) is 0 Å². The molecule has 2 aromatic heterocycles. The van der Waals surface area contributed by atoms with Crippen molar-refractivity contribution in [1.29, 1.82) is 0 Å². The van der Waals surface area contributed by atoms with E-state index in [2.05, 4.69) is 5.32 Å². The summed E-state index contributed by atoms with van der Waals surface area (Å²) in [5, 5.41) is 3.62. The Morgan fingerprint density at radius 1 is 1.06 bits per heavy atom. The van der Waals surface area contributed by atoms with E-state index in [1.54, 1.807) is 18.4 Å². The number of fused-ring (bicyclic) bond motifs is 3. The van der Waals surface area contributed by atoms with Crippen molar-refractivity contribution in [2.45, 2.75) is 25.7 Å². The number of nitrogens with one attached hydrogen (secondary N) is 1. The van der Waals surface area contributed by atoms with Crippen LogP contribution in [-0.4, -0.2) is 29.6 Å². The Kier molecular flexibility index (Phi) is 5.92. The van der Waals surface area contributed by atoms with Crippen LogP contribution in [-0.2, 0) is 17.6 Å². The van der Waals surface area contributed by atoms with Gasteiger partial charge in [-0.2, -0.15) is 4.98 Å². The second-order valence-corrected chi connectivity index (χ2v) is 8.90. The lowest BCUT2D eigenvalue weighted by Gasteiger charge is -2.13. The fraction of sp³-hybridized carbons (Fsp3) is 0.240. The summed E-state index contributed by atoms with van der Waals surface area (Å²) < 4.78 is 24.3. The van der Waals surface area contributed by atoms with Gasteiger partial charge in [-0.15, -0.1) is 11.3 Å². The monoisotopic (exact) mass is 463 g/mol. The van der Waals surface area contributed by atoms with Crippen molar-refractivity contribution < 1.29 is 18.7 Å². The van der Waals surface area contributed by atoms with Crippen LogP contribution in [0, 0.1) is 5.82 Å². The quantitative estimate of drug-likeness (QED) is 0.414. The highest BCUT2D eigenvalue weighted by molar-refractivity contribution is 7.18. The summed E-state index contributed by atoms with van der Waals surface area (Å²) in [5.41, 5.74) is 2.57. The lowest BCUT2D eigenvalue weighted by Crippen LogP contribution is -2.20. The van der Waals surface area contributed by atoms with E-state index in [1.807, 2.05) is 24.3 Å². The Morgan fingerprint density at radius 3 is 2.58 bits per heavy atom. The third-order valence-corrected chi connectivity index (χ3v) is 6.78. The van der Waals surface area contributed by atoms with Crippen LogP contribution in [0.1, 0.15) is 23.3 Å². The molecule has 168 valence electrons. The number of thiophene rings is 1. The van der Waals surface area contributed by atoms with Crippen LogP contribution >= 0.6 is 11.3 Å². The molecule has 0 unspecified atom stereocenters. The van der Waals surface area contributed by atoms with Gasteiger partial charge in [0.2, 0.25) is 5.88 Å². The van der Waals surface area contributed by atoms with E-state index >= 15 is 0 Å². The third-order valence-electron chi connectivity index (χ3n) is 5.60.